The molecule has 3 N–H and O–H groups in total. The number of hydrogen-bond donors (Lipinski definition) is 3. The number of anilines is 2. The van der Waals surface area contributed by atoms with Crippen LogP contribution in [0.2, 0.25) is 0 Å². The van der Waals surface area contributed by atoms with Crippen LogP contribution in [0.15, 0.2) is 35.4 Å². The van der Waals surface area contributed by atoms with E-state index in [1.807, 2.05) is 6.07 Å². The highest BCUT2D eigenvalue weighted by atomic mass is 32.1. The molecule has 0 amide bonds. The number of phenolic OH excluding ortho intramolecular Hbond substituents is 1. The average Bonchev–Trinajstić information content (AvgIpc) is 2.65. The summed E-state index contributed by atoms with van der Waals surface area (Å²) in [5.74, 6) is -0.0387. The summed E-state index contributed by atoms with van der Waals surface area (Å²) in [7, 11) is 0. The van der Waals surface area contributed by atoms with Crippen LogP contribution in [0, 0.1) is 5.82 Å². The van der Waals surface area contributed by atoms with Gasteiger partial charge in [0.2, 0.25) is 0 Å². The molecule has 4 rings (SSSR count). The third-order valence-corrected chi connectivity index (χ3v) is 5.17. The first kappa shape index (κ1) is 17.7. The van der Waals surface area contributed by atoms with Gasteiger partial charge < -0.3 is 15.3 Å². The summed E-state index contributed by atoms with van der Waals surface area (Å²) in [6.07, 6.45) is 5.68. The molecule has 0 fully saturated rings. The van der Waals surface area contributed by atoms with Gasteiger partial charge in [0.1, 0.15) is 11.6 Å². The maximum Gasteiger partial charge on any atom is 0.191 e. The van der Waals surface area contributed by atoms with Crippen LogP contribution in [0.4, 0.5) is 15.8 Å². The Morgan fingerprint density at radius 2 is 2.04 bits per heavy atom. The lowest BCUT2D eigenvalue weighted by atomic mass is 9.89. The van der Waals surface area contributed by atoms with E-state index in [2.05, 4.69) is 20.7 Å². The second kappa shape index (κ2) is 7.52. The summed E-state index contributed by atoms with van der Waals surface area (Å²) in [5.41, 5.74) is 7.47. The lowest BCUT2D eigenvalue weighted by Gasteiger charge is -2.37. The molecule has 0 aromatic heterocycles. The van der Waals surface area contributed by atoms with Gasteiger partial charge >= 0.3 is 0 Å². The molecule has 2 aliphatic heterocycles. The van der Waals surface area contributed by atoms with Crippen molar-refractivity contribution in [2.24, 2.45) is 5.10 Å². The molecule has 0 radical (unpaired) electrons. The third-order valence-electron chi connectivity index (χ3n) is 4.98. The smallest absolute Gasteiger partial charge is 0.191 e. The zero-order chi connectivity index (χ0) is 18.8. The maximum absolute atomic E-state index is 13.2. The molecule has 2 aromatic rings. The van der Waals surface area contributed by atoms with Crippen LogP contribution in [0.3, 0.4) is 0 Å². The highest BCUT2D eigenvalue weighted by molar-refractivity contribution is 7.80. The summed E-state index contributed by atoms with van der Waals surface area (Å²) >= 11 is 5.17. The number of phenols is 1. The number of rotatable bonds is 3. The van der Waals surface area contributed by atoms with Crippen molar-refractivity contribution in [3.63, 3.8) is 0 Å². The Hall–Kier alpha value is -2.67. The van der Waals surface area contributed by atoms with Crippen molar-refractivity contribution < 1.29 is 9.50 Å². The molecule has 0 bridgehead atoms. The first-order chi connectivity index (χ1) is 13.1. The molecule has 0 saturated carbocycles. The van der Waals surface area contributed by atoms with Crippen LogP contribution in [-0.4, -0.2) is 29.5 Å². The fraction of sp³-hybridized carbons (Fsp3) is 0.300. The molecule has 0 saturated heterocycles. The van der Waals surface area contributed by atoms with Crippen molar-refractivity contribution in [1.82, 2.24) is 5.43 Å². The van der Waals surface area contributed by atoms with Gasteiger partial charge in [0.15, 0.2) is 5.11 Å². The van der Waals surface area contributed by atoms with Gasteiger partial charge in [0.25, 0.3) is 0 Å². The van der Waals surface area contributed by atoms with Crippen molar-refractivity contribution in [3.05, 3.63) is 52.8 Å². The molecule has 0 unspecified atom stereocenters. The summed E-state index contributed by atoms with van der Waals surface area (Å²) < 4.78 is 13.2. The van der Waals surface area contributed by atoms with Crippen molar-refractivity contribution in [1.29, 1.82) is 0 Å². The summed E-state index contributed by atoms with van der Waals surface area (Å²) in [4.78, 5) is 2.38. The van der Waals surface area contributed by atoms with E-state index in [0.717, 1.165) is 44.3 Å². The Bertz CT molecular complexity index is 913. The summed E-state index contributed by atoms with van der Waals surface area (Å²) in [5, 5.41) is 17.9. The van der Waals surface area contributed by atoms with Crippen molar-refractivity contribution >= 4 is 34.9 Å². The minimum Gasteiger partial charge on any atom is -0.507 e. The van der Waals surface area contributed by atoms with Gasteiger partial charge in [-0.3, -0.25) is 5.43 Å². The molecule has 7 heteroatoms. The van der Waals surface area contributed by atoms with E-state index in [1.54, 1.807) is 18.3 Å². The van der Waals surface area contributed by atoms with Crippen LogP contribution in [0.1, 0.15) is 29.5 Å². The molecule has 27 heavy (non-hydrogen) atoms. The molecule has 2 aromatic carbocycles. The Morgan fingerprint density at radius 3 is 2.85 bits per heavy atom. The molecular weight excluding hydrogens is 363 g/mol. The molecule has 140 valence electrons. The van der Waals surface area contributed by atoms with Gasteiger partial charge in [-0.2, -0.15) is 5.10 Å². The van der Waals surface area contributed by atoms with Crippen LogP contribution in [-0.2, 0) is 12.8 Å². The number of hydrazone groups is 1. The van der Waals surface area contributed by atoms with Crippen molar-refractivity contribution in [2.75, 3.05) is 23.3 Å². The largest absolute Gasteiger partial charge is 0.507 e. The van der Waals surface area contributed by atoms with E-state index in [-0.39, 0.29) is 10.9 Å². The second-order valence-corrected chi connectivity index (χ2v) is 7.24. The van der Waals surface area contributed by atoms with Gasteiger partial charge in [0.05, 0.1) is 6.21 Å². The van der Waals surface area contributed by atoms with Crippen LogP contribution >= 0.6 is 12.2 Å². The van der Waals surface area contributed by atoms with Crippen LogP contribution < -0.4 is 15.6 Å². The minimum atomic E-state index is -0.340. The standard InChI is InChI=1S/C20H21FN4OS/c21-15-5-1-6-16(11-15)23-20(27)24-22-12-14-10-13-4-2-8-25-9-3-7-17(18(13)25)19(14)26/h1,5-6,10-12,26H,2-4,7-9H2,(H2,23,24,27)/b22-12-. The summed E-state index contributed by atoms with van der Waals surface area (Å²) in [6.45, 7) is 2.13. The maximum atomic E-state index is 13.2. The van der Waals surface area contributed by atoms with Gasteiger partial charge in [-0.25, -0.2) is 4.39 Å². The zero-order valence-electron chi connectivity index (χ0n) is 14.8. The quantitative estimate of drug-likeness (QED) is 0.429. The topological polar surface area (TPSA) is 59.9 Å². The first-order valence-electron chi connectivity index (χ1n) is 9.10. The van der Waals surface area contributed by atoms with Gasteiger partial charge in [-0.15, -0.1) is 0 Å². The van der Waals surface area contributed by atoms with E-state index >= 15 is 0 Å². The number of nitrogens with zero attached hydrogens (tertiary/aromatic N) is 2. The van der Waals surface area contributed by atoms with Crippen molar-refractivity contribution in [3.8, 4) is 5.75 Å². The molecule has 5 nitrogen and oxygen atoms in total. The van der Waals surface area contributed by atoms with Gasteiger partial charge in [0, 0.05) is 35.6 Å². The van der Waals surface area contributed by atoms with E-state index in [9.17, 15) is 9.50 Å². The van der Waals surface area contributed by atoms with E-state index < -0.39 is 0 Å². The summed E-state index contributed by atoms with van der Waals surface area (Å²) in [6, 6.07) is 8.05. The van der Waals surface area contributed by atoms with Gasteiger partial charge in [-0.1, -0.05) is 6.07 Å². The fourth-order valence-corrected chi connectivity index (χ4v) is 4.02. The second-order valence-electron chi connectivity index (χ2n) is 6.83. The minimum absolute atomic E-state index is 0.252. The Balaban J connectivity index is 1.49. The number of aromatic hydroxyl groups is 1. The number of thiocarbonyl (C=S) groups is 1. The average molecular weight is 384 g/mol. The molecule has 2 aliphatic rings. The van der Waals surface area contributed by atoms with E-state index in [4.69, 9.17) is 12.2 Å². The molecule has 0 atom stereocenters. The number of nitrogens with one attached hydrogen (secondary N) is 2. The van der Waals surface area contributed by atoms with E-state index in [1.165, 1.54) is 23.4 Å². The molecule has 0 aliphatic carbocycles. The number of aryl methyl sites for hydroxylation is 1. The SMILES string of the molecule is Oc1c(/C=N\NC(=S)Nc2cccc(F)c2)cc2c3c1CCCN3CCC2. The van der Waals surface area contributed by atoms with Crippen LogP contribution in [0.25, 0.3) is 0 Å². The molecule has 0 spiro atoms. The molecular formula is C20H21FN4OS. The lowest BCUT2D eigenvalue weighted by Crippen LogP contribution is -2.34. The normalized spacial score (nSPS) is 15.5. The number of benzene rings is 2. The fourth-order valence-electron chi connectivity index (χ4n) is 3.85. The molecule has 2 heterocycles. The Morgan fingerprint density at radius 1 is 1.22 bits per heavy atom. The predicted molar refractivity (Wildman–Crippen MR) is 110 cm³/mol. The lowest BCUT2D eigenvalue weighted by molar-refractivity contribution is 0.461. The van der Waals surface area contributed by atoms with Crippen molar-refractivity contribution in [2.45, 2.75) is 25.7 Å². The Labute approximate surface area is 162 Å². The first-order valence-corrected chi connectivity index (χ1v) is 9.51. The highest BCUT2D eigenvalue weighted by Crippen LogP contribution is 2.41. The highest BCUT2D eigenvalue weighted by Gasteiger charge is 2.27. The monoisotopic (exact) mass is 384 g/mol. The van der Waals surface area contributed by atoms with Gasteiger partial charge in [-0.05, 0) is 67.7 Å². The predicted octanol–water partition coefficient (Wildman–Crippen LogP) is 3.55. The third kappa shape index (κ3) is 3.73. The Kier molecular flexibility index (Phi) is 4.94. The number of halogens is 1. The number of hydrogen-bond acceptors (Lipinski definition) is 4. The zero-order valence-corrected chi connectivity index (χ0v) is 15.7. The van der Waals surface area contributed by atoms with Crippen LogP contribution in [0.5, 0.6) is 5.75 Å². The van der Waals surface area contributed by atoms with E-state index in [0.29, 0.717) is 17.0 Å².